The molecule has 0 saturated carbocycles. The Morgan fingerprint density at radius 3 is 2.45 bits per heavy atom. The van der Waals surface area contributed by atoms with E-state index in [1.165, 1.54) is 11.3 Å². The zero-order valence-corrected chi connectivity index (χ0v) is 18.0. The highest BCUT2D eigenvalue weighted by molar-refractivity contribution is 9.10. The topological polar surface area (TPSA) is 70.6 Å². The molecule has 1 aromatic heterocycles. The number of hydrazone groups is 1. The first-order valence-electron chi connectivity index (χ1n) is 8.75. The first kappa shape index (κ1) is 20.7. The lowest BCUT2D eigenvalue weighted by molar-refractivity contribution is -0.117. The van der Waals surface area contributed by atoms with Crippen molar-refractivity contribution in [1.82, 2.24) is 10.7 Å². The van der Waals surface area contributed by atoms with E-state index in [2.05, 4.69) is 31.8 Å². The van der Waals surface area contributed by atoms with Gasteiger partial charge in [0.25, 0.3) is 11.8 Å². The fraction of sp³-hybridized carbons (Fsp3) is 0.0455. The summed E-state index contributed by atoms with van der Waals surface area (Å²) in [6, 6.07) is 20.1. The molecule has 5 nitrogen and oxygen atoms in total. The summed E-state index contributed by atoms with van der Waals surface area (Å²) in [6.45, 7) is 1.80. The zero-order valence-electron chi connectivity index (χ0n) is 15.6. The van der Waals surface area contributed by atoms with Crippen LogP contribution in [0.25, 0.3) is 6.08 Å². The number of hydrogen-bond donors (Lipinski definition) is 2. The van der Waals surface area contributed by atoms with Gasteiger partial charge in [-0.25, -0.2) is 5.43 Å². The minimum atomic E-state index is -0.503. The number of halogens is 1. The molecular formula is C22H18BrN3O2S. The van der Waals surface area contributed by atoms with Crippen LogP contribution in [0.2, 0.25) is 0 Å². The van der Waals surface area contributed by atoms with Crippen molar-refractivity contribution in [1.29, 1.82) is 0 Å². The summed E-state index contributed by atoms with van der Waals surface area (Å²) in [5.74, 6) is -0.867. The highest BCUT2D eigenvalue weighted by atomic mass is 79.9. The number of carbonyl (C=O) groups excluding carboxylic acids is 2. The van der Waals surface area contributed by atoms with Gasteiger partial charge in [-0.2, -0.15) is 5.10 Å². The van der Waals surface area contributed by atoms with Crippen molar-refractivity contribution in [3.8, 4) is 0 Å². The fourth-order valence-corrected chi connectivity index (χ4v) is 3.49. The molecule has 3 rings (SSSR count). The molecule has 29 heavy (non-hydrogen) atoms. The Bertz CT molecular complexity index is 1060. The van der Waals surface area contributed by atoms with E-state index in [1.54, 1.807) is 37.3 Å². The number of carbonyl (C=O) groups is 2. The lowest BCUT2D eigenvalue weighted by atomic mass is 10.1. The SMILES string of the molecule is C/C(=N\NC(=O)/C(=C\c1cccs1)NC(=O)c1ccccc1)c1cccc(Br)c1. The molecule has 0 radical (unpaired) electrons. The predicted molar refractivity (Wildman–Crippen MR) is 121 cm³/mol. The van der Waals surface area contributed by atoms with E-state index in [9.17, 15) is 9.59 Å². The minimum Gasteiger partial charge on any atom is -0.317 e. The normalized spacial score (nSPS) is 11.8. The molecule has 0 aliphatic rings. The van der Waals surface area contributed by atoms with Crippen LogP contribution in [0.4, 0.5) is 0 Å². The van der Waals surface area contributed by atoms with Gasteiger partial charge < -0.3 is 5.32 Å². The van der Waals surface area contributed by atoms with Crippen LogP contribution in [0, 0.1) is 0 Å². The van der Waals surface area contributed by atoms with Gasteiger partial charge in [0.15, 0.2) is 0 Å². The zero-order chi connectivity index (χ0) is 20.6. The Kier molecular flexibility index (Phi) is 7.10. The largest absolute Gasteiger partial charge is 0.317 e. The molecule has 0 bridgehead atoms. The second-order valence-corrected chi connectivity index (χ2v) is 7.94. The van der Waals surface area contributed by atoms with Gasteiger partial charge in [-0.15, -0.1) is 11.3 Å². The maximum Gasteiger partial charge on any atom is 0.287 e. The summed E-state index contributed by atoms with van der Waals surface area (Å²) in [7, 11) is 0. The van der Waals surface area contributed by atoms with Crippen LogP contribution in [-0.2, 0) is 4.79 Å². The average molecular weight is 468 g/mol. The summed E-state index contributed by atoms with van der Waals surface area (Å²) >= 11 is 4.88. The summed E-state index contributed by atoms with van der Waals surface area (Å²) in [6.07, 6.45) is 1.63. The van der Waals surface area contributed by atoms with E-state index in [1.807, 2.05) is 47.8 Å². The Morgan fingerprint density at radius 1 is 1.00 bits per heavy atom. The van der Waals surface area contributed by atoms with Crippen LogP contribution in [0.1, 0.15) is 27.7 Å². The Hall–Kier alpha value is -3.03. The highest BCUT2D eigenvalue weighted by Crippen LogP contribution is 2.14. The van der Waals surface area contributed by atoms with Crippen LogP contribution in [0.15, 0.2) is 87.4 Å². The lowest BCUT2D eigenvalue weighted by Crippen LogP contribution is -2.33. The Labute approximate surface area is 181 Å². The third kappa shape index (κ3) is 5.97. The number of thiophene rings is 1. The number of rotatable bonds is 6. The monoisotopic (exact) mass is 467 g/mol. The third-order valence-electron chi connectivity index (χ3n) is 3.93. The molecule has 0 unspecified atom stereocenters. The van der Waals surface area contributed by atoms with Crippen molar-refractivity contribution >= 4 is 50.9 Å². The maximum atomic E-state index is 12.7. The number of hydrogen-bond acceptors (Lipinski definition) is 4. The lowest BCUT2D eigenvalue weighted by Gasteiger charge is -2.09. The molecule has 146 valence electrons. The molecule has 0 aliphatic heterocycles. The van der Waals surface area contributed by atoms with E-state index in [0.29, 0.717) is 11.3 Å². The quantitative estimate of drug-likeness (QED) is 0.309. The summed E-state index contributed by atoms with van der Waals surface area (Å²) in [4.78, 5) is 26.1. The van der Waals surface area contributed by atoms with Crippen LogP contribution in [0.3, 0.4) is 0 Å². The van der Waals surface area contributed by atoms with Crippen molar-refractivity contribution < 1.29 is 9.59 Å². The number of nitrogens with zero attached hydrogens (tertiary/aromatic N) is 1. The number of nitrogens with one attached hydrogen (secondary N) is 2. The van der Waals surface area contributed by atoms with Crippen molar-refractivity contribution in [3.63, 3.8) is 0 Å². The van der Waals surface area contributed by atoms with Gasteiger partial charge in [-0.05, 0) is 54.3 Å². The Morgan fingerprint density at radius 2 is 1.76 bits per heavy atom. The number of benzene rings is 2. The Balaban J connectivity index is 1.79. The first-order valence-corrected chi connectivity index (χ1v) is 10.4. The van der Waals surface area contributed by atoms with Crippen LogP contribution < -0.4 is 10.7 Å². The molecule has 3 aromatic rings. The molecule has 1 heterocycles. The second-order valence-electron chi connectivity index (χ2n) is 6.04. The average Bonchev–Trinajstić information content (AvgIpc) is 3.25. The summed E-state index contributed by atoms with van der Waals surface area (Å²) in [5, 5.41) is 8.76. The molecule has 2 N–H and O–H groups in total. The van der Waals surface area contributed by atoms with Gasteiger partial charge in [0.05, 0.1) is 5.71 Å². The number of amides is 2. The molecule has 0 atom stereocenters. The minimum absolute atomic E-state index is 0.118. The van der Waals surface area contributed by atoms with Crippen LogP contribution in [0.5, 0.6) is 0 Å². The molecule has 2 amide bonds. The van der Waals surface area contributed by atoms with Gasteiger partial charge in [0.2, 0.25) is 0 Å². The summed E-state index contributed by atoms with van der Waals surface area (Å²) < 4.78 is 0.921. The molecule has 0 saturated heterocycles. The molecule has 0 aliphatic carbocycles. The van der Waals surface area contributed by atoms with Crippen molar-refractivity contribution in [2.45, 2.75) is 6.92 Å². The second kappa shape index (κ2) is 9.95. The molecule has 0 spiro atoms. The van der Waals surface area contributed by atoms with Gasteiger partial charge in [0, 0.05) is 14.9 Å². The van der Waals surface area contributed by atoms with E-state index in [0.717, 1.165) is 14.9 Å². The van der Waals surface area contributed by atoms with E-state index < -0.39 is 5.91 Å². The smallest absolute Gasteiger partial charge is 0.287 e. The van der Waals surface area contributed by atoms with Crippen molar-refractivity contribution in [2.75, 3.05) is 0 Å². The van der Waals surface area contributed by atoms with Gasteiger partial charge >= 0.3 is 0 Å². The van der Waals surface area contributed by atoms with E-state index in [4.69, 9.17) is 0 Å². The van der Waals surface area contributed by atoms with Crippen LogP contribution >= 0.6 is 27.3 Å². The van der Waals surface area contributed by atoms with E-state index in [-0.39, 0.29) is 11.6 Å². The standard InChI is InChI=1S/C22H18BrN3O2S/c1-15(17-9-5-10-18(23)13-17)25-26-22(28)20(14-19-11-6-12-29-19)24-21(27)16-7-3-2-4-8-16/h2-14H,1H3,(H,24,27)(H,26,28)/b20-14+,25-15+. The van der Waals surface area contributed by atoms with Crippen LogP contribution in [-0.4, -0.2) is 17.5 Å². The maximum absolute atomic E-state index is 12.7. The van der Waals surface area contributed by atoms with Gasteiger partial charge in [0.1, 0.15) is 5.70 Å². The van der Waals surface area contributed by atoms with Crippen molar-refractivity contribution in [3.05, 3.63) is 98.3 Å². The molecule has 7 heteroatoms. The fourth-order valence-electron chi connectivity index (χ4n) is 2.43. The highest BCUT2D eigenvalue weighted by Gasteiger charge is 2.15. The molecule has 0 fully saturated rings. The summed E-state index contributed by atoms with van der Waals surface area (Å²) in [5.41, 5.74) is 4.62. The first-order chi connectivity index (χ1) is 14.0. The third-order valence-corrected chi connectivity index (χ3v) is 5.24. The van der Waals surface area contributed by atoms with Gasteiger partial charge in [-0.1, -0.05) is 52.3 Å². The van der Waals surface area contributed by atoms with Gasteiger partial charge in [-0.3, -0.25) is 9.59 Å². The molecule has 2 aromatic carbocycles. The van der Waals surface area contributed by atoms with Crippen molar-refractivity contribution in [2.24, 2.45) is 5.10 Å². The molecular weight excluding hydrogens is 450 g/mol. The predicted octanol–water partition coefficient (Wildman–Crippen LogP) is 4.82. The van der Waals surface area contributed by atoms with E-state index >= 15 is 0 Å².